The average molecular weight is 375 g/mol. The van der Waals surface area contributed by atoms with Gasteiger partial charge in [-0.25, -0.2) is 0 Å². The molecule has 2 heterocycles. The number of thioether (sulfide) groups is 1. The lowest BCUT2D eigenvalue weighted by atomic mass is 10.0. The molecule has 1 aliphatic rings. The highest BCUT2D eigenvalue weighted by atomic mass is 32.2. The van der Waals surface area contributed by atoms with Crippen LogP contribution in [-0.4, -0.2) is 41.1 Å². The lowest BCUT2D eigenvalue weighted by Gasteiger charge is -2.28. The number of ether oxygens (including phenoxy) is 1. The van der Waals surface area contributed by atoms with Crippen molar-refractivity contribution in [3.05, 3.63) is 35.4 Å². The van der Waals surface area contributed by atoms with E-state index in [1.807, 2.05) is 0 Å². The summed E-state index contributed by atoms with van der Waals surface area (Å²) in [4.78, 5) is 2.29. The highest BCUT2D eigenvalue weighted by molar-refractivity contribution is 7.98. The minimum Gasteiger partial charge on any atom is -0.378 e. The van der Waals surface area contributed by atoms with E-state index >= 15 is 0 Å². The third-order valence-electron chi connectivity index (χ3n) is 4.55. The molecule has 0 unspecified atom stereocenters. The van der Waals surface area contributed by atoms with Crippen LogP contribution in [0.5, 0.6) is 0 Å². The normalized spacial score (nSPS) is 15.2. The predicted molar refractivity (Wildman–Crippen MR) is 108 cm³/mol. The van der Waals surface area contributed by atoms with Crippen LogP contribution >= 0.6 is 11.8 Å². The van der Waals surface area contributed by atoms with E-state index in [1.54, 1.807) is 11.8 Å². The standard InChI is InChI=1S/C20H30N4OS/c1-15(2)13-24-19(23-9-11-25-12-10-23)21-22-20(24)26-14-17-5-7-18(8-6-17)16(3)4/h5-8,15-16H,9-14H2,1-4H3. The van der Waals surface area contributed by atoms with E-state index in [0.717, 1.165) is 49.7 Å². The summed E-state index contributed by atoms with van der Waals surface area (Å²) in [7, 11) is 0. The molecule has 5 nitrogen and oxygen atoms in total. The van der Waals surface area contributed by atoms with Gasteiger partial charge in [0.2, 0.25) is 5.95 Å². The van der Waals surface area contributed by atoms with Crippen molar-refractivity contribution < 1.29 is 4.74 Å². The van der Waals surface area contributed by atoms with Crippen LogP contribution in [0.4, 0.5) is 5.95 Å². The number of hydrogen-bond acceptors (Lipinski definition) is 5. The number of rotatable bonds is 7. The Labute approximate surface area is 161 Å². The fourth-order valence-electron chi connectivity index (χ4n) is 3.06. The second-order valence-electron chi connectivity index (χ2n) is 7.57. The van der Waals surface area contributed by atoms with Gasteiger partial charge in [0.15, 0.2) is 5.16 Å². The van der Waals surface area contributed by atoms with Crippen molar-refractivity contribution in [3.63, 3.8) is 0 Å². The topological polar surface area (TPSA) is 43.2 Å². The van der Waals surface area contributed by atoms with Gasteiger partial charge in [0, 0.05) is 25.4 Å². The molecule has 1 aliphatic heterocycles. The second-order valence-corrected chi connectivity index (χ2v) is 8.51. The molecule has 1 aromatic heterocycles. The summed E-state index contributed by atoms with van der Waals surface area (Å²) < 4.78 is 7.76. The van der Waals surface area contributed by atoms with Crippen LogP contribution in [-0.2, 0) is 17.0 Å². The number of morpholine rings is 1. The Balaban J connectivity index is 1.72. The molecule has 0 saturated carbocycles. The zero-order valence-corrected chi connectivity index (χ0v) is 17.1. The Bertz CT molecular complexity index is 690. The first kappa shape index (κ1) is 19.2. The van der Waals surface area contributed by atoms with Gasteiger partial charge in [-0.3, -0.25) is 4.57 Å². The SMILES string of the molecule is CC(C)Cn1c(SCc2ccc(C(C)C)cc2)nnc1N1CCOCC1. The fraction of sp³-hybridized carbons (Fsp3) is 0.600. The van der Waals surface area contributed by atoms with Gasteiger partial charge in [0.05, 0.1) is 13.2 Å². The molecule has 3 rings (SSSR count). The Hall–Kier alpha value is -1.53. The largest absolute Gasteiger partial charge is 0.378 e. The van der Waals surface area contributed by atoms with Crippen LogP contribution < -0.4 is 4.90 Å². The van der Waals surface area contributed by atoms with E-state index < -0.39 is 0 Å². The molecule has 26 heavy (non-hydrogen) atoms. The Kier molecular flexibility index (Phi) is 6.59. The molecule has 0 aliphatic carbocycles. The number of benzene rings is 1. The van der Waals surface area contributed by atoms with Gasteiger partial charge >= 0.3 is 0 Å². The fourth-order valence-corrected chi connectivity index (χ4v) is 3.96. The van der Waals surface area contributed by atoms with Crippen molar-refractivity contribution in [2.24, 2.45) is 5.92 Å². The molecule has 1 fully saturated rings. The van der Waals surface area contributed by atoms with Crippen LogP contribution in [0, 0.1) is 5.92 Å². The van der Waals surface area contributed by atoms with Gasteiger partial charge in [-0.2, -0.15) is 0 Å². The molecule has 6 heteroatoms. The highest BCUT2D eigenvalue weighted by Gasteiger charge is 2.21. The van der Waals surface area contributed by atoms with Gasteiger partial charge in [-0.05, 0) is 23.0 Å². The molecule has 142 valence electrons. The lowest BCUT2D eigenvalue weighted by Crippen LogP contribution is -2.38. The first-order valence-electron chi connectivity index (χ1n) is 9.52. The third-order valence-corrected chi connectivity index (χ3v) is 5.59. The molecule has 0 amide bonds. The second kappa shape index (κ2) is 8.91. The maximum Gasteiger partial charge on any atom is 0.228 e. The summed E-state index contributed by atoms with van der Waals surface area (Å²) in [6.07, 6.45) is 0. The number of hydrogen-bond donors (Lipinski definition) is 0. The van der Waals surface area contributed by atoms with Gasteiger partial charge in [-0.15, -0.1) is 10.2 Å². The molecule has 0 atom stereocenters. The molecule has 1 aromatic carbocycles. The predicted octanol–water partition coefficient (Wildman–Crippen LogP) is 4.19. The van der Waals surface area contributed by atoms with Crippen LogP contribution in [0.3, 0.4) is 0 Å². The van der Waals surface area contributed by atoms with E-state index in [1.165, 1.54) is 11.1 Å². The minimum atomic E-state index is 0.551. The maximum atomic E-state index is 5.48. The summed E-state index contributed by atoms with van der Waals surface area (Å²) >= 11 is 1.77. The van der Waals surface area contributed by atoms with E-state index in [4.69, 9.17) is 4.74 Å². The van der Waals surface area contributed by atoms with Crippen LogP contribution in [0.2, 0.25) is 0 Å². The summed E-state index contributed by atoms with van der Waals surface area (Å²) in [5.74, 6) is 3.02. The minimum absolute atomic E-state index is 0.551. The molecule has 0 N–H and O–H groups in total. The van der Waals surface area contributed by atoms with Gasteiger partial charge in [0.1, 0.15) is 0 Å². The van der Waals surface area contributed by atoms with Crippen molar-refractivity contribution >= 4 is 17.7 Å². The summed E-state index contributed by atoms with van der Waals surface area (Å²) in [6.45, 7) is 13.2. The van der Waals surface area contributed by atoms with E-state index in [9.17, 15) is 0 Å². The van der Waals surface area contributed by atoms with Crippen LogP contribution in [0.1, 0.15) is 44.7 Å². The van der Waals surface area contributed by atoms with Crippen LogP contribution in [0.25, 0.3) is 0 Å². The summed E-state index contributed by atoms with van der Waals surface area (Å²) in [5.41, 5.74) is 2.71. The van der Waals surface area contributed by atoms with Crippen molar-refractivity contribution in [2.75, 3.05) is 31.2 Å². The van der Waals surface area contributed by atoms with Gasteiger partial charge in [0.25, 0.3) is 0 Å². The first-order chi connectivity index (χ1) is 12.5. The molecule has 1 saturated heterocycles. The van der Waals surface area contributed by atoms with Gasteiger partial charge in [-0.1, -0.05) is 63.7 Å². The van der Waals surface area contributed by atoms with Gasteiger partial charge < -0.3 is 9.64 Å². The van der Waals surface area contributed by atoms with Crippen molar-refractivity contribution in [1.29, 1.82) is 0 Å². The monoisotopic (exact) mass is 374 g/mol. The van der Waals surface area contributed by atoms with Crippen LogP contribution in [0.15, 0.2) is 29.4 Å². The van der Waals surface area contributed by atoms with E-state index in [0.29, 0.717) is 11.8 Å². The van der Waals surface area contributed by atoms with E-state index in [-0.39, 0.29) is 0 Å². The molecule has 2 aromatic rings. The molecule has 0 radical (unpaired) electrons. The molecule has 0 spiro atoms. The number of aromatic nitrogens is 3. The number of anilines is 1. The Morgan fingerprint density at radius 1 is 1.04 bits per heavy atom. The smallest absolute Gasteiger partial charge is 0.228 e. The Morgan fingerprint density at radius 2 is 1.73 bits per heavy atom. The quantitative estimate of drug-likeness (QED) is 0.680. The maximum absolute atomic E-state index is 5.48. The lowest BCUT2D eigenvalue weighted by molar-refractivity contribution is 0.121. The highest BCUT2D eigenvalue weighted by Crippen LogP contribution is 2.27. The van der Waals surface area contributed by atoms with E-state index in [2.05, 4.69) is 71.6 Å². The summed E-state index contributed by atoms with van der Waals surface area (Å²) in [5, 5.41) is 10.0. The Morgan fingerprint density at radius 3 is 2.35 bits per heavy atom. The molecule has 0 bridgehead atoms. The van der Waals surface area contributed by atoms with Crippen molar-refractivity contribution in [2.45, 2.75) is 51.1 Å². The molecular weight excluding hydrogens is 344 g/mol. The van der Waals surface area contributed by atoms with Crippen molar-refractivity contribution in [1.82, 2.24) is 14.8 Å². The summed E-state index contributed by atoms with van der Waals surface area (Å²) in [6, 6.07) is 8.93. The molecular formula is C20H30N4OS. The zero-order chi connectivity index (χ0) is 18.5. The number of nitrogens with zero attached hydrogens (tertiary/aromatic N) is 4. The average Bonchev–Trinajstić information content (AvgIpc) is 3.03. The third kappa shape index (κ3) is 4.80. The zero-order valence-electron chi connectivity index (χ0n) is 16.3. The van der Waals surface area contributed by atoms with Crippen molar-refractivity contribution in [3.8, 4) is 0 Å². The first-order valence-corrected chi connectivity index (χ1v) is 10.5.